The Morgan fingerprint density at radius 3 is 2.25 bits per heavy atom. The van der Waals surface area contributed by atoms with Crippen molar-refractivity contribution in [3.05, 3.63) is 51.6 Å². The van der Waals surface area contributed by atoms with Crippen molar-refractivity contribution in [3.63, 3.8) is 0 Å². The smallest absolute Gasteiger partial charge is 0.265 e. The molecule has 0 spiro atoms. The van der Waals surface area contributed by atoms with Gasteiger partial charge in [0.05, 0.1) is 6.61 Å². The molecule has 2 aromatic carbocycles. The van der Waals surface area contributed by atoms with Crippen LogP contribution in [0.2, 0.25) is 0 Å². The minimum absolute atomic E-state index is 0.155. The zero-order chi connectivity index (χ0) is 18.0. The fourth-order valence-corrected chi connectivity index (χ4v) is 3.78. The molecule has 0 bridgehead atoms. The molecule has 0 aliphatic rings. The minimum atomic E-state index is -3.74. The van der Waals surface area contributed by atoms with Crippen molar-refractivity contribution in [3.8, 4) is 5.75 Å². The Labute approximate surface area is 157 Å². The molecule has 0 atom stereocenters. The minimum Gasteiger partial charge on any atom is -0.492 e. The molecule has 0 saturated heterocycles. The quantitative estimate of drug-likeness (QED) is 0.655. The van der Waals surface area contributed by atoms with Gasteiger partial charge in [-0.05, 0) is 76.9 Å². The molecule has 0 heterocycles. The fourth-order valence-electron chi connectivity index (χ4n) is 2.19. The van der Waals surface area contributed by atoms with Crippen molar-refractivity contribution in [1.29, 1.82) is 0 Å². The molecule has 6 heteroatoms. The van der Waals surface area contributed by atoms with E-state index in [1.165, 1.54) is 0 Å². The van der Waals surface area contributed by atoms with Gasteiger partial charge < -0.3 is 4.74 Å². The standard InChI is InChI=1S/C18H22INO3S/c1-5-23-16-11-6-13(18(2,3)4)12-17(16)24(21,22)20-15-9-7-14(19)8-10-15/h6-12,20H,5H2,1-4H3. The zero-order valence-electron chi connectivity index (χ0n) is 14.3. The Morgan fingerprint density at radius 2 is 1.71 bits per heavy atom. The number of benzene rings is 2. The summed E-state index contributed by atoms with van der Waals surface area (Å²) < 4.78 is 34.9. The first-order chi connectivity index (χ1) is 11.1. The van der Waals surface area contributed by atoms with Crippen molar-refractivity contribution in [2.45, 2.75) is 38.0 Å². The van der Waals surface area contributed by atoms with Crippen LogP contribution in [0.3, 0.4) is 0 Å². The Morgan fingerprint density at radius 1 is 1.08 bits per heavy atom. The van der Waals surface area contributed by atoms with Gasteiger partial charge in [0.2, 0.25) is 0 Å². The average molecular weight is 459 g/mol. The molecule has 0 fully saturated rings. The highest BCUT2D eigenvalue weighted by atomic mass is 127. The third kappa shape index (κ3) is 4.63. The SMILES string of the molecule is CCOc1ccc(C(C)(C)C)cc1S(=O)(=O)Nc1ccc(I)cc1. The molecule has 24 heavy (non-hydrogen) atoms. The summed E-state index contributed by atoms with van der Waals surface area (Å²) in [6.45, 7) is 8.38. The molecule has 4 nitrogen and oxygen atoms in total. The van der Waals surface area contributed by atoms with Crippen molar-refractivity contribution in [2.75, 3.05) is 11.3 Å². The molecule has 1 N–H and O–H groups in total. The highest BCUT2D eigenvalue weighted by molar-refractivity contribution is 14.1. The summed E-state index contributed by atoms with van der Waals surface area (Å²) in [7, 11) is -3.74. The average Bonchev–Trinajstić information content (AvgIpc) is 2.49. The van der Waals surface area contributed by atoms with Gasteiger partial charge in [-0.15, -0.1) is 0 Å². The van der Waals surface area contributed by atoms with E-state index in [1.54, 1.807) is 24.3 Å². The topological polar surface area (TPSA) is 55.4 Å². The lowest BCUT2D eigenvalue weighted by Crippen LogP contribution is -2.17. The lowest BCUT2D eigenvalue weighted by atomic mass is 9.87. The summed E-state index contributed by atoms with van der Waals surface area (Å²) in [5.41, 5.74) is 1.31. The maximum Gasteiger partial charge on any atom is 0.265 e. The van der Waals surface area contributed by atoms with Crippen LogP contribution in [0.15, 0.2) is 47.4 Å². The molecule has 2 rings (SSSR count). The third-order valence-corrected chi connectivity index (χ3v) is 5.62. The zero-order valence-corrected chi connectivity index (χ0v) is 17.2. The van der Waals surface area contributed by atoms with E-state index in [-0.39, 0.29) is 10.3 Å². The first kappa shape index (κ1) is 19.1. The Hall–Kier alpha value is -1.28. The van der Waals surface area contributed by atoms with Gasteiger partial charge in [-0.2, -0.15) is 0 Å². The number of halogens is 1. The molecule has 0 aromatic heterocycles. The van der Waals surface area contributed by atoms with Crippen LogP contribution in [0, 0.1) is 3.57 Å². The molecule has 130 valence electrons. The summed E-state index contributed by atoms with van der Waals surface area (Å²) in [6.07, 6.45) is 0. The number of ether oxygens (including phenoxy) is 1. The highest BCUT2D eigenvalue weighted by Gasteiger charge is 2.24. The van der Waals surface area contributed by atoms with Gasteiger partial charge in [-0.1, -0.05) is 26.8 Å². The maximum absolute atomic E-state index is 12.9. The van der Waals surface area contributed by atoms with Crippen LogP contribution in [0.5, 0.6) is 5.75 Å². The second-order valence-corrected chi connectivity index (χ2v) is 9.35. The number of sulfonamides is 1. The number of anilines is 1. The first-order valence-electron chi connectivity index (χ1n) is 7.69. The number of nitrogens with one attached hydrogen (secondary N) is 1. The molecule has 0 amide bonds. The van der Waals surface area contributed by atoms with E-state index in [2.05, 4.69) is 27.3 Å². The number of hydrogen-bond acceptors (Lipinski definition) is 3. The normalized spacial score (nSPS) is 12.0. The van der Waals surface area contributed by atoms with Gasteiger partial charge in [-0.3, -0.25) is 4.72 Å². The summed E-state index contributed by atoms with van der Waals surface area (Å²) >= 11 is 2.18. The van der Waals surface area contributed by atoms with Crippen LogP contribution in [-0.4, -0.2) is 15.0 Å². The molecule has 2 aromatic rings. The van der Waals surface area contributed by atoms with Gasteiger partial charge >= 0.3 is 0 Å². The highest BCUT2D eigenvalue weighted by Crippen LogP contribution is 2.32. The van der Waals surface area contributed by atoms with Crippen LogP contribution in [-0.2, 0) is 15.4 Å². The van der Waals surface area contributed by atoms with Crippen LogP contribution >= 0.6 is 22.6 Å². The van der Waals surface area contributed by atoms with E-state index in [0.29, 0.717) is 18.0 Å². The van der Waals surface area contributed by atoms with E-state index >= 15 is 0 Å². The summed E-state index contributed by atoms with van der Waals surface area (Å²) in [6, 6.07) is 12.5. The lowest BCUT2D eigenvalue weighted by molar-refractivity contribution is 0.331. The van der Waals surface area contributed by atoms with E-state index < -0.39 is 10.0 Å². The molecular formula is C18H22INO3S. The van der Waals surface area contributed by atoms with E-state index in [1.807, 2.05) is 45.9 Å². The van der Waals surface area contributed by atoms with Gasteiger partial charge in [0, 0.05) is 9.26 Å². The number of rotatable bonds is 5. The Bertz CT molecular complexity index is 809. The second-order valence-electron chi connectivity index (χ2n) is 6.46. The van der Waals surface area contributed by atoms with Gasteiger partial charge in [-0.25, -0.2) is 8.42 Å². The fraction of sp³-hybridized carbons (Fsp3) is 0.333. The van der Waals surface area contributed by atoms with Crippen molar-refractivity contribution < 1.29 is 13.2 Å². The monoisotopic (exact) mass is 459 g/mol. The molecule has 0 aliphatic carbocycles. The molecule has 0 radical (unpaired) electrons. The maximum atomic E-state index is 12.9. The number of hydrogen-bond donors (Lipinski definition) is 1. The first-order valence-corrected chi connectivity index (χ1v) is 10.3. The van der Waals surface area contributed by atoms with Gasteiger partial charge in [0.15, 0.2) is 0 Å². The largest absolute Gasteiger partial charge is 0.492 e. The predicted octanol–water partition coefficient (Wildman–Crippen LogP) is 4.79. The Balaban J connectivity index is 2.48. The Kier molecular flexibility index (Phi) is 5.80. The lowest BCUT2D eigenvalue weighted by Gasteiger charge is -2.21. The second kappa shape index (κ2) is 7.31. The van der Waals surface area contributed by atoms with E-state index in [4.69, 9.17) is 4.74 Å². The van der Waals surface area contributed by atoms with Crippen molar-refractivity contribution in [1.82, 2.24) is 0 Å². The van der Waals surface area contributed by atoms with E-state index in [9.17, 15) is 8.42 Å². The van der Waals surface area contributed by atoms with Crippen molar-refractivity contribution in [2.24, 2.45) is 0 Å². The van der Waals surface area contributed by atoms with Crippen LogP contribution < -0.4 is 9.46 Å². The molecule has 0 aliphatic heterocycles. The molecule has 0 unspecified atom stereocenters. The van der Waals surface area contributed by atoms with Gasteiger partial charge in [0.25, 0.3) is 10.0 Å². The summed E-state index contributed by atoms with van der Waals surface area (Å²) in [5.74, 6) is 0.364. The van der Waals surface area contributed by atoms with Crippen LogP contribution in [0.4, 0.5) is 5.69 Å². The van der Waals surface area contributed by atoms with Crippen LogP contribution in [0.25, 0.3) is 0 Å². The van der Waals surface area contributed by atoms with Crippen LogP contribution in [0.1, 0.15) is 33.3 Å². The van der Waals surface area contributed by atoms with Crippen molar-refractivity contribution >= 4 is 38.3 Å². The third-order valence-electron chi connectivity index (χ3n) is 3.50. The summed E-state index contributed by atoms with van der Waals surface area (Å²) in [5, 5.41) is 0. The molecular weight excluding hydrogens is 437 g/mol. The molecule has 0 saturated carbocycles. The predicted molar refractivity (Wildman–Crippen MR) is 106 cm³/mol. The van der Waals surface area contributed by atoms with Gasteiger partial charge in [0.1, 0.15) is 10.6 Å². The summed E-state index contributed by atoms with van der Waals surface area (Å²) in [4.78, 5) is 0.162. The van der Waals surface area contributed by atoms with E-state index in [0.717, 1.165) is 9.13 Å².